The minimum absolute atomic E-state index is 0.0716. The third-order valence-electron chi connectivity index (χ3n) is 2.63. The van der Waals surface area contributed by atoms with Crippen LogP contribution in [-0.2, 0) is 0 Å². The van der Waals surface area contributed by atoms with E-state index in [2.05, 4.69) is 15.3 Å². The molecule has 0 fully saturated rings. The average Bonchev–Trinajstić information content (AvgIpc) is 2.42. The molecule has 1 unspecified atom stereocenters. The van der Waals surface area contributed by atoms with Gasteiger partial charge >= 0.3 is 6.01 Å². The van der Waals surface area contributed by atoms with Crippen LogP contribution in [0, 0.1) is 5.82 Å². The van der Waals surface area contributed by atoms with Gasteiger partial charge in [-0.2, -0.15) is 4.98 Å². The molecule has 1 atom stereocenters. The first-order valence-electron chi connectivity index (χ1n) is 5.68. The van der Waals surface area contributed by atoms with Gasteiger partial charge in [0.2, 0.25) is 0 Å². The van der Waals surface area contributed by atoms with Crippen LogP contribution >= 0.6 is 11.6 Å². The van der Waals surface area contributed by atoms with Crippen LogP contribution in [0.15, 0.2) is 30.5 Å². The van der Waals surface area contributed by atoms with E-state index in [9.17, 15) is 4.39 Å². The first-order valence-corrected chi connectivity index (χ1v) is 6.06. The largest absolute Gasteiger partial charge is 0.467 e. The number of anilines is 1. The van der Waals surface area contributed by atoms with E-state index in [-0.39, 0.29) is 17.9 Å². The molecule has 0 bridgehead atoms. The molecule has 1 aromatic heterocycles. The second-order valence-corrected chi connectivity index (χ2v) is 4.38. The summed E-state index contributed by atoms with van der Waals surface area (Å²) < 4.78 is 17.8. The molecule has 1 heterocycles. The molecule has 4 nitrogen and oxygen atoms in total. The van der Waals surface area contributed by atoms with Gasteiger partial charge in [0.05, 0.1) is 13.3 Å². The van der Waals surface area contributed by atoms with Gasteiger partial charge in [0.25, 0.3) is 0 Å². The topological polar surface area (TPSA) is 47.0 Å². The maximum Gasteiger partial charge on any atom is 0.318 e. The maximum atomic E-state index is 12.9. The van der Waals surface area contributed by atoms with Crippen LogP contribution < -0.4 is 10.1 Å². The number of rotatable bonds is 4. The molecule has 0 saturated heterocycles. The molecule has 100 valence electrons. The minimum Gasteiger partial charge on any atom is -0.467 e. The molecular formula is C13H13ClFN3O. The Kier molecular flexibility index (Phi) is 4.16. The van der Waals surface area contributed by atoms with E-state index in [0.29, 0.717) is 10.8 Å². The van der Waals surface area contributed by atoms with Gasteiger partial charge in [0.15, 0.2) is 5.82 Å². The van der Waals surface area contributed by atoms with Gasteiger partial charge in [0, 0.05) is 6.04 Å². The van der Waals surface area contributed by atoms with Crippen LogP contribution in [0.3, 0.4) is 0 Å². The number of hydrogen-bond donors (Lipinski definition) is 1. The van der Waals surface area contributed by atoms with Crippen molar-refractivity contribution in [3.8, 4) is 6.01 Å². The summed E-state index contributed by atoms with van der Waals surface area (Å²) >= 11 is 6.01. The van der Waals surface area contributed by atoms with E-state index < -0.39 is 0 Å². The third-order valence-corrected chi connectivity index (χ3v) is 2.90. The molecule has 1 aromatic carbocycles. The molecular weight excluding hydrogens is 269 g/mol. The Morgan fingerprint density at radius 1 is 1.32 bits per heavy atom. The van der Waals surface area contributed by atoms with E-state index in [1.54, 1.807) is 12.1 Å². The van der Waals surface area contributed by atoms with E-state index >= 15 is 0 Å². The first kappa shape index (κ1) is 13.5. The van der Waals surface area contributed by atoms with Crippen molar-refractivity contribution in [2.24, 2.45) is 0 Å². The summed E-state index contributed by atoms with van der Waals surface area (Å²) in [5.41, 5.74) is 0.926. The third kappa shape index (κ3) is 3.32. The monoisotopic (exact) mass is 281 g/mol. The van der Waals surface area contributed by atoms with Crippen molar-refractivity contribution < 1.29 is 9.13 Å². The summed E-state index contributed by atoms with van der Waals surface area (Å²) in [5.74, 6) is 0.211. The molecule has 0 radical (unpaired) electrons. The quantitative estimate of drug-likeness (QED) is 0.932. The molecule has 0 spiro atoms. The highest BCUT2D eigenvalue weighted by molar-refractivity contribution is 6.32. The van der Waals surface area contributed by atoms with Crippen molar-refractivity contribution in [3.05, 3.63) is 46.9 Å². The number of aromatic nitrogens is 2. The number of ether oxygens (including phenoxy) is 1. The zero-order valence-electron chi connectivity index (χ0n) is 10.5. The fraction of sp³-hybridized carbons (Fsp3) is 0.231. The Labute approximate surface area is 115 Å². The Morgan fingerprint density at radius 3 is 2.63 bits per heavy atom. The van der Waals surface area contributed by atoms with Crippen LogP contribution in [-0.4, -0.2) is 17.1 Å². The van der Waals surface area contributed by atoms with Crippen molar-refractivity contribution in [1.82, 2.24) is 9.97 Å². The lowest BCUT2D eigenvalue weighted by molar-refractivity contribution is 0.380. The number of nitrogens with one attached hydrogen (secondary N) is 1. The highest BCUT2D eigenvalue weighted by Crippen LogP contribution is 2.25. The zero-order chi connectivity index (χ0) is 13.8. The maximum absolute atomic E-state index is 12.9. The van der Waals surface area contributed by atoms with Crippen molar-refractivity contribution in [2.45, 2.75) is 13.0 Å². The minimum atomic E-state index is -0.266. The molecule has 1 N–H and O–H groups in total. The van der Waals surface area contributed by atoms with Crippen LogP contribution in [0.2, 0.25) is 5.02 Å². The van der Waals surface area contributed by atoms with E-state index in [1.165, 1.54) is 25.4 Å². The first-order chi connectivity index (χ1) is 9.10. The van der Waals surface area contributed by atoms with Crippen molar-refractivity contribution in [3.63, 3.8) is 0 Å². The van der Waals surface area contributed by atoms with Gasteiger partial charge in [-0.05, 0) is 24.6 Å². The van der Waals surface area contributed by atoms with Crippen LogP contribution in [0.5, 0.6) is 6.01 Å². The Morgan fingerprint density at radius 2 is 2.00 bits per heavy atom. The summed E-state index contributed by atoms with van der Waals surface area (Å²) in [4.78, 5) is 8.02. The molecule has 0 aliphatic heterocycles. The summed E-state index contributed by atoms with van der Waals surface area (Å²) in [6.07, 6.45) is 1.47. The van der Waals surface area contributed by atoms with Gasteiger partial charge < -0.3 is 10.1 Å². The van der Waals surface area contributed by atoms with E-state index in [4.69, 9.17) is 16.3 Å². The molecule has 6 heteroatoms. The van der Waals surface area contributed by atoms with Gasteiger partial charge in [0.1, 0.15) is 10.8 Å². The van der Waals surface area contributed by atoms with Gasteiger partial charge in [-0.25, -0.2) is 9.37 Å². The smallest absolute Gasteiger partial charge is 0.318 e. The second kappa shape index (κ2) is 5.84. The number of nitrogens with zero attached hydrogens (tertiary/aromatic N) is 2. The van der Waals surface area contributed by atoms with Gasteiger partial charge in [-0.1, -0.05) is 23.7 Å². The Bertz CT molecular complexity index is 562. The van der Waals surface area contributed by atoms with Gasteiger partial charge in [-0.15, -0.1) is 0 Å². The summed E-state index contributed by atoms with van der Waals surface area (Å²) in [6.45, 7) is 1.93. The summed E-state index contributed by atoms with van der Waals surface area (Å²) in [5, 5.41) is 3.53. The molecule has 19 heavy (non-hydrogen) atoms. The highest BCUT2D eigenvalue weighted by atomic mass is 35.5. The molecule has 0 saturated carbocycles. The molecule has 0 amide bonds. The van der Waals surface area contributed by atoms with Crippen molar-refractivity contribution in [1.29, 1.82) is 0 Å². The summed E-state index contributed by atoms with van der Waals surface area (Å²) in [7, 11) is 1.48. The molecule has 0 aliphatic carbocycles. The molecule has 0 aliphatic rings. The fourth-order valence-corrected chi connectivity index (χ4v) is 1.74. The second-order valence-electron chi connectivity index (χ2n) is 3.97. The van der Waals surface area contributed by atoms with Crippen LogP contribution in [0.25, 0.3) is 0 Å². The number of hydrogen-bond acceptors (Lipinski definition) is 4. The number of halogens is 2. The predicted molar refractivity (Wildman–Crippen MR) is 72.0 cm³/mol. The standard InChI is InChI=1S/C13H13ClFN3O/c1-8(9-3-5-10(15)6-4-9)17-12-11(14)7-16-13(18-12)19-2/h3-8H,1-2H3,(H,16,17,18). The van der Waals surface area contributed by atoms with Crippen LogP contribution in [0.4, 0.5) is 10.2 Å². The zero-order valence-corrected chi connectivity index (χ0v) is 11.3. The predicted octanol–water partition coefficient (Wildman–Crippen LogP) is 3.45. The Balaban J connectivity index is 2.18. The highest BCUT2D eigenvalue weighted by Gasteiger charge is 2.10. The number of methoxy groups -OCH3 is 1. The van der Waals surface area contributed by atoms with E-state index in [1.807, 2.05) is 6.92 Å². The fourth-order valence-electron chi connectivity index (χ4n) is 1.59. The van der Waals surface area contributed by atoms with Crippen LogP contribution in [0.1, 0.15) is 18.5 Å². The summed E-state index contributed by atoms with van der Waals surface area (Å²) in [6, 6.07) is 6.40. The molecule has 2 aromatic rings. The van der Waals surface area contributed by atoms with Crippen molar-refractivity contribution in [2.75, 3.05) is 12.4 Å². The lowest BCUT2D eigenvalue weighted by Crippen LogP contribution is -2.09. The van der Waals surface area contributed by atoms with E-state index in [0.717, 1.165) is 5.56 Å². The Hall–Kier alpha value is -1.88. The average molecular weight is 282 g/mol. The number of benzene rings is 1. The molecule has 2 rings (SSSR count). The van der Waals surface area contributed by atoms with Gasteiger partial charge in [-0.3, -0.25) is 0 Å². The lowest BCUT2D eigenvalue weighted by atomic mass is 10.1. The van der Waals surface area contributed by atoms with Crippen molar-refractivity contribution >= 4 is 17.4 Å². The lowest BCUT2D eigenvalue weighted by Gasteiger charge is -2.16. The normalized spacial score (nSPS) is 12.0. The SMILES string of the molecule is COc1ncc(Cl)c(NC(C)c2ccc(F)cc2)n1.